The van der Waals surface area contributed by atoms with Gasteiger partial charge in [-0.05, 0) is 24.3 Å². The number of rotatable bonds is 11. The van der Waals surface area contributed by atoms with E-state index in [0.29, 0.717) is 0 Å². The van der Waals surface area contributed by atoms with Crippen LogP contribution in [0.25, 0.3) is 22.1 Å². The Balaban J connectivity index is 1.47. The summed E-state index contributed by atoms with van der Waals surface area (Å²) in [6.07, 6.45) is -1.70. The topological polar surface area (TPSA) is 117 Å². The molecule has 0 spiro atoms. The molecule has 0 fully saturated rings. The summed E-state index contributed by atoms with van der Waals surface area (Å²) >= 11 is 3.18. The van der Waals surface area contributed by atoms with Gasteiger partial charge in [0.05, 0.1) is 60.6 Å². The Hall–Kier alpha value is -2.08. The first-order chi connectivity index (χ1) is 15.6. The van der Waals surface area contributed by atoms with Crippen LogP contribution in [0.2, 0.25) is 0 Å². The predicted octanol–water partition coefficient (Wildman–Crippen LogP) is 1.98. The van der Waals surface area contributed by atoms with Gasteiger partial charge < -0.3 is 29.6 Å². The SMILES string of the molecule is OCC(O)Cn1c(SCCSc2nc3ccccc3n2CC(O)CO)nc2ccccc21. The van der Waals surface area contributed by atoms with Gasteiger partial charge in [-0.2, -0.15) is 0 Å². The minimum absolute atomic E-state index is 0.279. The molecule has 0 radical (unpaired) electrons. The van der Waals surface area contributed by atoms with E-state index in [4.69, 9.17) is 0 Å². The van der Waals surface area contributed by atoms with Crippen molar-refractivity contribution in [3.63, 3.8) is 0 Å². The van der Waals surface area contributed by atoms with Crippen molar-refractivity contribution in [3.05, 3.63) is 48.5 Å². The first kappa shape index (κ1) is 23.1. The standard InChI is InChI=1S/C22H26N4O4S2/c27-13-15(29)11-25-19-7-3-1-5-17(19)23-21(25)31-9-10-32-22-24-18-6-2-4-8-20(18)26(22)12-16(30)14-28/h1-8,15-16,27-30H,9-14H2. The van der Waals surface area contributed by atoms with Gasteiger partial charge in [-0.3, -0.25) is 0 Å². The van der Waals surface area contributed by atoms with Crippen LogP contribution in [-0.2, 0) is 13.1 Å². The van der Waals surface area contributed by atoms with Crippen LogP contribution in [-0.4, -0.2) is 76.5 Å². The highest BCUT2D eigenvalue weighted by atomic mass is 32.2. The van der Waals surface area contributed by atoms with E-state index in [1.165, 1.54) is 0 Å². The molecule has 2 aromatic carbocycles. The zero-order valence-electron chi connectivity index (χ0n) is 17.4. The summed E-state index contributed by atoms with van der Waals surface area (Å²) < 4.78 is 3.89. The Kier molecular flexibility index (Phi) is 7.71. The molecule has 2 heterocycles. The van der Waals surface area contributed by atoms with E-state index in [1.54, 1.807) is 23.5 Å². The summed E-state index contributed by atoms with van der Waals surface area (Å²) in [5.74, 6) is 1.52. The molecule has 0 saturated heterocycles. The van der Waals surface area contributed by atoms with E-state index in [1.807, 2.05) is 57.7 Å². The number of hydrogen-bond donors (Lipinski definition) is 4. The fourth-order valence-electron chi connectivity index (χ4n) is 3.48. The lowest BCUT2D eigenvalue weighted by Crippen LogP contribution is -2.20. The normalized spacial score (nSPS) is 13.8. The van der Waals surface area contributed by atoms with Gasteiger partial charge in [0.25, 0.3) is 0 Å². The van der Waals surface area contributed by atoms with Crippen LogP contribution in [0.4, 0.5) is 0 Å². The summed E-state index contributed by atoms with van der Waals surface area (Å²) in [7, 11) is 0. The summed E-state index contributed by atoms with van der Waals surface area (Å²) in [4.78, 5) is 9.38. The molecule has 0 aliphatic heterocycles. The van der Waals surface area contributed by atoms with Crippen molar-refractivity contribution < 1.29 is 20.4 Å². The third-order valence-corrected chi connectivity index (χ3v) is 7.21. The van der Waals surface area contributed by atoms with E-state index >= 15 is 0 Å². The van der Waals surface area contributed by atoms with E-state index in [2.05, 4.69) is 9.97 Å². The summed E-state index contributed by atoms with van der Waals surface area (Å²) in [6, 6.07) is 15.5. The van der Waals surface area contributed by atoms with Gasteiger partial charge in [0, 0.05) is 11.5 Å². The fourth-order valence-corrected chi connectivity index (χ4v) is 5.50. The Morgan fingerprint density at radius 1 is 0.688 bits per heavy atom. The number of aliphatic hydroxyl groups is 4. The highest BCUT2D eigenvalue weighted by Gasteiger charge is 2.16. The minimum atomic E-state index is -0.848. The molecule has 170 valence electrons. The molecule has 0 aliphatic rings. The molecule has 4 N–H and O–H groups in total. The van der Waals surface area contributed by atoms with Crippen molar-refractivity contribution in [2.75, 3.05) is 24.7 Å². The minimum Gasteiger partial charge on any atom is -0.394 e. The second-order valence-electron chi connectivity index (χ2n) is 7.36. The van der Waals surface area contributed by atoms with Gasteiger partial charge in [0.1, 0.15) is 0 Å². The van der Waals surface area contributed by atoms with Crippen molar-refractivity contribution >= 4 is 45.6 Å². The number of fused-ring (bicyclic) bond motifs is 2. The van der Waals surface area contributed by atoms with Crippen LogP contribution >= 0.6 is 23.5 Å². The van der Waals surface area contributed by atoms with Crippen LogP contribution in [0.15, 0.2) is 58.8 Å². The van der Waals surface area contributed by atoms with E-state index in [0.717, 1.165) is 43.9 Å². The Morgan fingerprint density at radius 3 is 1.50 bits per heavy atom. The lowest BCUT2D eigenvalue weighted by atomic mass is 10.3. The molecule has 0 aliphatic carbocycles. The number of hydrogen-bond acceptors (Lipinski definition) is 8. The summed E-state index contributed by atoms with van der Waals surface area (Å²) in [6.45, 7) is -0.0482. The van der Waals surface area contributed by atoms with Crippen molar-refractivity contribution in [1.29, 1.82) is 0 Å². The maximum Gasteiger partial charge on any atom is 0.169 e. The number of thioether (sulfide) groups is 2. The average Bonchev–Trinajstić information content (AvgIpc) is 3.34. The monoisotopic (exact) mass is 474 g/mol. The Labute approximate surface area is 193 Å². The third kappa shape index (κ3) is 5.11. The van der Waals surface area contributed by atoms with Crippen LogP contribution in [0.5, 0.6) is 0 Å². The second kappa shape index (κ2) is 10.7. The lowest BCUT2D eigenvalue weighted by molar-refractivity contribution is 0.0802. The number of aliphatic hydroxyl groups excluding tert-OH is 4. The molecular formula is C22H26N4O4S2. The van der Waals surface area contributed by atoms with Gasteiger partial charge in [-0.15, -0.1) is 0 Å². The van der Waals surface area contributed by atoms with Crippen LogP contribution in [0.3, 0.4) is 0 Å². The predicted molar refractivity (Wildman–Crippen MR) is 127 cm³/mol. The van der Waals surface area contributed by atoms with Crippen LogP contribution in [0, 0.1) is 0 Å². The van der Waals surface area contributed by atoms with Crippen molar-refractivity contribution in [3.8, 4) is 0 Å². The van der Waals surface area contributed by atoms with Crippen molar-refractivity contribution in [2.45, 2.75) is 35.6 Å². The quantitative estimate of drug-likeness (QED) is 0.193. The zero-order chi connectivity index (χ0) is 22.5. The van der Waals surface area contributed by atoms with E-state index in [-0.39, 0.29) is 26.3 Å². The second-order valence-corrected chi connectivity index (χ2v) is 9.48. The molecule has 0 amide bonds. The number of benzene rings is 2. The van der Waals surface area contributed by atoms with Crippen molar-refractivity contribution in [1.82, 2.24) is 19.1 Å². The van der Waals surface area contributed by atoms with E-state index in [9.17, 15) is 20.4 Å². The van der Waals surface area contributed by atoms with E-state index < -0.39 is 12.2 Å². The Morgan fingerprint density at radius 2 is 1.09 bits per heavy atom. The molecule has 4 rings (SSSR count). The van der Waals surface area contributed by atoms with Gasteiger partial charge in [0.2, 0.25) is 0 Å². The largest absolute Gasteiger partial charge is 0.394 e. The summed E-state index contributed by atoms with van der Waals surface area (Å²) in [5.41, 5.74) is 3.56. The van der Waals surface area contributed by atoms with Crippen molar-refractivity contribution in [2.24, 2.45) is 0 Å². The molecule has 10 heteroatoms. The number of nitrogens with zero attached hydrogens (tertiary/aromatic N) is 4. The molecule has 32 heavy (non-hydrogen) atoms. The maximum atomic E-state index is 9.96. The molecule has 4 aromatic rings. The molecular weight excluding hydrogens is 448 g/mol. The average molecular weight is 475 g/mol. The number of aromatic nitrogens is 4. The molecule has 8 nitrogen and oxygen atoms in total. The molecule has 0 saturated carbocycles. The zero-order valence-corrected chi connectivity index (χ0v) is 19.0. The van der Waals surface area contributed by atoms with Gasteiger partial charge in [-0.1, -0.05) is 47.8 Å². The highest BCUT2D eigenvalue weighted by Crippen LogP contribution is 2.28. The van der Waals surface area contributed by atoms with Gasteiger partial charge in [0.15, 0.2) is 10.3 Å². The van der Waals surface area contributed by atoms with Crippen LogP contribution in [0.1, 0.15) is 0 Å². The molecule has 2 aromatic heterocycles. The van der Waals surface area contributed by atoms with Gasteiger partial charge >= 0.3 is 0 Å². The maximum absolute atomic E-state index is 9.96. The smallest absolute Gasteiger partial charge is 0.169 e. The molecule has 2 atom stereocenters. The molecule has 2 unspecified atom stereocenters. The third-order valence-electron chi connectivity index (χ3n) is 4.99. The van der Waals surface area contributed by atoms with Crippen LogP contribution < -0.4 is 0 Å². The lowest BCUT2D eigenvalue weighted by Gasteiger charge is -2.13. The number of para-hydroxylation sites is 4. The van der Waals surface area contributed by atoms with Gasteiger partial charge in [-0.25, -0.2) is 9.97 Å². The highest BCUT2D eigenvalue weighted by molar-refractivity contribution is 8.02. The first-order valence-corrected chi connectivity index (χ1v) is 12.3. The summed E-state index contributed by atoms with van der Waals surface area (Å²) in [5, 5.41) is 40.1. The molecule has 0 bridgehead atoms. The first-order valence-electron chi connectivity index (χ1n) is 10.3. The number of imidazole rings is 2. The Bertz CT molecular complexity index is 1090. The fraction of sp³-hybridized carbons (Fsp3) is 0.364.